The third kappa shape index (κ3) is 3.56. The van der Waals surface area contributed by atoms with Gasteiger partial charge in [0.1, 0.15) is 5.82 Å². The molecule has 2 aromatic rings. The lowest BCUT2D eigenvalue weighted by Gasteiger charge is -2.08. The topological polar surface area (TPSA) is 92.7 Å². The van der Waals surface area contributed by atoms with Crippen LogP contribution in [0.3, 0.4) is 0 Å². The van der Waals surface area contributed by atoms with Crippen LogP contribution in [-0.4, -0.2) is 25.7 Å². The van der Waals surface area contributed by atoms with E-state index in [2.05, 4.69) is 20.4 Å². The van der Waals surface area contributed by atoms with Gasteiger partial charge in [0.15, 0.2) is 0 Å². The molecule has 0 spiro atoms. The lowest BCUT2D eigenvalue weighted by atomic mass is 10.2. The van der Waals surface area contributed by atoms with Crippen molar-refractivity contribution in [3.05, 3.63) is 33.9 Å². The van der Waals surface area contributed by atoms with Gasteiger partial charge in [-0.15, -0.1) is 0 Å². The smallest absolute Gasteiger partial charge is 0.252 e. The van der Waals surface area contributed by atoms with Crippen LogP contribution in [0.2, 0.25) is 0 Å². The Morgan fingerprint density at radius 1 is 1.38 bits per heavy atom. The molecule has 0 radical (unpaired) electrons. The molecule has 2 aromatic heterocycles. The molecule has 7 nitrogen and oxygen atoms in total. The van der Waals surface area contributed by atoms with Gasteiger partial charge < -0.3 is 5.32 Å². The Bertz CT molecular complexity index is 702. The number of carbonyl (C=O) groups excluding carboxylic acids is 1. The summed E-state index contributed by atoms with van der Waals surface area (Å²) in [5.41, 5.74) is 1.20. The van der Waals surface area contributed by atoms with E-state index in [0.717, 1.165) is 12.1 Å². The maximum absolute atomic E-state index is 11.7. The molecular weight excluding hydrogens is 270 g/mol. The van der Waals surface area contributed by atoms with Crippen molar-refractivity contribution in [3.8, 4) is 5.95 Å². The van der Waals surface area contributed by atoms with Crippen LogP contribution < -0.4 is 10.9 Å². The first-order valence-electron chi connectivity index (χ1n) is 7.00. The number of amides is 1. The highest BCUT2D eigenvalue weighted by Gasteiger charge is 2.12. The summed E-state index contributed by atoms with van der Waals surface area (Å²) in [7, 11) is 0. The Balaban J connectivity index is 2.46. The molecule has 7 heteroatoms. The van der Waals surface area contributed by atoms with Crippen LogP contribution in [-0.2, 0) is 11.2 Å². The van der Waals surface area contributed by atoms with E-state index in [1.54, 1.807) is 13.0 Å². The molecule has 2 rings (SSSR count). The van der Waals surface area contributed by atoms with Crippen molar-refractivity contribution in [1.82, 2.24) is 19.7 Å². The summed E-state index contributed by atoms with van der Waals surface area (Å²) in [5.74, 6) is 0.685. The third-order valence-electron chi connectivity index (χ3n) is 2.91. The molecule has 112 valence electrons. The summed E-state index contributed by atoms with van der Waals surface area (Å²) in [5, 5.41) is 7.03. The van der Waals surface area contributed by atoms with Crippen molar-refractivity contribution < 1.29 is 4.79 Å². The predicted molar refractivity (Wildman–Crippen MR) is 79.6 cm³/mol. The molecule has 0 atom stereocenters. The van der Waals surface area contributed by atoms with Gasteiger partial charge in [-0.3, -0.25) is 14.6 Å². The van der Waals surface area contributed by atoms with Gasteiger partial charge in [0.25, 0.3) is 5.56 Å². The molecule has 0 aliphatic heterocycles. The number of aromatic nitrogens is 4. The Hall–Kier alpha value is -2.44. The van der Waals surface area contributed by atoms with Crippen molar-refractivity contribution >= 4 is 11.7 Å². The van der Waals surface area contributed by atoms with E-state index in [1.807, 2.05) is 13.8 Å². The molecule has 0 aliphatic rings. The van der Waals surface area contributed by atoms with Crippen LogP contribution in [0.4, 0.5) is 5.82 Å². The minimum absolute atomic E-state index is 0.122. The lowest BCUT2D eigenvalue weighted by Crippen LogP contribution is -2.18. The number of rotatable bonds is 5. The number of aryl methyl sites for hydroxylation is 2. The van der Waals surface area contributed by atoms with Crippen LogP contribution in [0.25, 0.3) is 5.95 Å². The third-order valence-corrected chi connectivity index (χ3v) is 2.91. The Morgan fingerprint density at radius 3 is 2.81 bits per heavy atom. The van der Waals surface area contributed by atoms with E-state index in [0.29, 0.717) is 30.3 Å². The highest BCUT2D eigenvalue weighted by Crippen LogP contribution is 2.14. The minimum Gasteiger partial charge on any atom is -0.310 e. The van der Waals surface area contributed by atoms with Crippen LogP contribution in [0.1, 0.15) is 38.1 Å². The van der Waals surface area contributed by atoms with Crippen LogP contribution in [0, 0.1) is 6.92 Å². The van der Waals surface area contributed by atoms with Crippen LogP contribution >= 0.6 is 0 Å². The highest BCUT2D eigenvalue weighted by molar-refractivity contribution is 5.89. The monoisotopic (exact) mass is 289 g/mol. The van der Waals surface area contributed by atoms with E-state index in [4.69, 9.17) is 0 Å². The summed E-state index contributed by atoms with van der Waals surface area (Å²) >= 11 is 0. The van der Waals surface area contributed by atoms with E-state index in [-0.39, 0.29) is 11.5 Å². The Kier molecular flexibility index (Phi) is 4.52. The van der Waals surface area contributed by atoms with Crippen molar-refractivity contribution in [1.29, 1.82) is 0 Å². The number of hydrogen-bond donors (Lipinski definition) is 2. The molecule has 0 saturated carbocycles. The zero-order valence-electron chi connectivity index (χ0n) is 12.4. The zero-order chi connectivity index (χ0) is 15.4. The van der Waals surface area contributed by atoms with Gasteiger partial charge in [0.05, 0.1) is 5.69 Å². The van der Waals surface area contributed by atoms with Crippen molar-refractivity contribution in [3.63, 3.8) is 0 Å². The van der Waals surface area contributed by atoms with Crippen molar-refractivity contribution in [2.45, 2.75) is 40.0 Å². The first-order valence-corrected chi connectivity index (χ1v) is 7.00. The maximum atomic E-state index is 11.7. The van der Waals surface area contributed by atoms with Gasteiger partial charge >= 0.3 is 0 Å². The SMILES string of the molecule is CCCc1cc(=O)[nH]c(-n2nc(C)cc2NC(=O)CC)n1. The molecule has 2 N–H and O–H groups in total. The summed E-state index contributed by atoms with van der Waals surface area (Å²) in [6, 6.07) is 3.22. The number of hydrogen-bond acceptors (Lipinski definition) is 4. The van der Waals surface area contributed by atoms with E-state index in [1.165, 1.54) is 10.7 Å². The van der Waals surface area contributed by atoms with Crippen molar-refractivity contribution in [2.75, 3.05) is 5.32 Å². The molecule has 0 unspecified atom stereocenters. The van der Waals surface area contributed by atoms with E-state index >= 15 is 0 Å². The van der Waals surface area contributed by atoms with E-state index < -0.39 is 0 Å². The summed E-state index contributed by atoms with van der Waals surface area (Å²) in [4.78, 5) is 30.3. The van der Waals surface area contributed by atoms with Crippen LogP contribution in [0.15, 0.2) is 16.9 Å². The molecule has 0 fully saturated rings. The fourth-order valence-corrected chi connectivity index (χ4v) is 1.96. The molecule has 2 heterocycles. The van der Waals surface area contributed by atoms with Gasteiger partial charge in [-0.1, -0.05) is 20.3 Å². The normalized spacial score (nSPS) is 10.6. The second kappa shape index (κ2) is 6.34. The van der Waals surface area contributed by atoms with Gasteiger partial charge in [-0.2, -0.15) is 9.78 Å². The molecule has 0 saturated heterocycles. The molecular formula is C14H19N5O2. The van der Waals surface area contributed by atoms with Gasteiger partial charge in [0, 0.05) is 24.2 Å². The average molecular weight is 289 g/mol. The fraction of sp³-hybridized carbons (Fsp3) is 0.429. The fourth-order valence-electron chi connectivity index (χ4n) is 1.96. The number of nitrogens with one attached hydrogen (secondary N) is 2. The number of anilines is 1. The Labute approximate surface area is 122 Å². The zero-order valence-corrected chi connectivity index (χ0v) is 12.4. The number of carbonyl (C=O) groups is 1. The number of H-pyrrole nitrogens is 1. The quantitative estimate of drug-likeness (QED) is 0.873. The highest BCUT2D eigenvalue weighted by atomic mass is 16.1. The largest absolute Gasteiger partial charge is 0.310 e. The number of nitrogens with zero attached hydrogens (tertiary/aromatic N) is 3. The molecule has 0 aliphatic carbocycles. The average Bonchev–Trinajstić information content (AvgIpc) is 2.79. The molecule has 0 aromatic carbocycles. The molecule has 1 amide bonds. The number of aromatic amines is 1. The summed E-state index contributed by atoms with van der Waals surface area (Å²) in [6.45, 7) is 5.60. The minimum atomic E-state index is -0.232. The first-order chi connectivity index (χ1) is 10.0. The first kappa shape index (κ1) is 15.0. The molecule has 0 bridgehead atoms. The second-order valence-electron chi connectivity index (χ2n) is 4.79. The van der Waals surface area contributed by atoms with E-state index in [9.17, 15) is 9.59 Å². The maximum Gasteiger partial charge on any atom is 0.252 e. The lowest BCUT2D eigenvalue weighted by molar-refractivity contribution is -0.115. The van der Waals surface area contributed by atoms with Gasteiger partial charge in [-0.05, 0) is 13.3 Å². The second-order valence-corrected chi connectivity index (χ2v) is 4.79. The van der Waals surface area contributed by atoms with Crippen molar-refractivity contribution in [2.24, 2.45) is 0 Å². The molecule has 21 heavy (non-hydrogen) atoms. The standard InChI is InChI=1S/C14H19N5O2/c1-4-6-10-8-13(21)17-14(15-10)19-11(7-9(3)18-19)16-12(20)5-2/h7-8H,4-6H2,1-3H3,(H,16,20)(H,15,17,21). The Morgan fingerprint density at radius 2 is 2.14 bits per heavy atom. The predicted octanol–water partition coefficient (Wildman–Crippen LogP) is 1.57. The van der Waals surface area contributed by atoms with Gasteiger partial charge in [0.2, 0.25) is 11.9 Å². The van der Waals surface area contributed by atoms with Crippen LogP contribution in [0.5, 0.6) is 0 Å². The van der Waals surface area contributed by atoms with Gasteiger partial charge in [-0.25, -0.2) is 4.98 Å². The summed E-state index contributed by atoms with van der Waals surface area (Å²) in [6.07, 6.45) is 1.98. The summed E-state index contributed by atoms with van der Waals surface area (Å²) < 4.78 is 1.45.